The predicted molar refractivity (Wildman–Crippen MR) is 120 cm³/mol. The molecule has 0 fully saturated rings. The van der Waals surface area contributed by atoms with Gasteiger partial charge in [-0.15, -0.1) is 0 Å². The smallest absolute Gasteiger partial charge is 0.282 e. The zero-order chi connectivity index (χ0) is 20.7. The molecule has 0 radical (unpaired) electrons. The van der Waals surface area contributed by atoms with E-state index in [2.05, 4.69) is 13.8 Å². The van der Waals surface area contributed by atoms with Crippen LogP contribution in [0.5, 0.6) is 0 Å². The van der Waals surface area contributed by atoms with E-state index in [-0.39, 0.29) is 10.8 Å². The normalized spacial score (nSPS) is 13.0. The van der Waals surface area contributed by atoms with E-state index >= 15 is 0 Å². The minimum Gasteiger partial charge on any atom is -0.282 e. The molecule has 0 heterocycles. The Balaban J connectivity index is 2.27. The molecule has 0 saturated heterocycles. The number of benzene rings is 1. The van der Waals surface area contributed by atoms with Crippen LogP contribution in [0.15, 0.2) is 29.2 Å². The third kappa shape index (κ3) is 10.6. The van der Waals surface area contributed by atoms with Crippen LogP contribution in [0.4, 0.5) is 0 Å². The third-order valence-electron chi connectivity index (χ3n) is 5.68. The summed E-state index contributed by atoms with van der Waals surface area (Å²) in [5, 5.41) is 0. The fraction of sp³-hybridized carbons (Fsp3) is 0.750. The van der Waals surface area contributed by atoms with E-state index in [9.17, 15) is 13.0 Å². The van der Waals surface area contributed by atoms with E-state index in [4.69, 9.17) is 0 Å². The first-order chi connectivity index (χ1) is 13.5. The average molecular weight is 411 g/mol. The Morgan fingerprint density at radius 2 is 1.21 bits per heavy atom. The number of hydrogen-bond acceptors (Lipinski definition) is 2. The molecule has 1 unspecified atom stereocenters. The largest absolute Gasteiger partial charge is 0.294 e. The second-order valence-corrected chi connectivity index (χ2v) is 9.57. The standard InChI is InChI=1S/C24H42O3S/c1-3-5-6-7-8-9-10-11-12-13-14-15-19-22(18-4-2)23-20-16-17-21-24(23)28(25,26)27/h16-17,20-22H,3-15,18-19H2,1-2H3,(H,25,26,27). The van der Waals surface area contributed by atoms with Gasteiger partial charge in [-0.25, -0.2) is 0 Å². The summed E-state index contributed by atoms with van der Waals surface area (Å²) in [7, 11) is -4.15. The molecule has 0 spiro atoms. The monoisotopic (exact) mass is 410 g/mol. The lowest BCUT2D eigenvalue weighted by atomic mass is 9.89. The van der Waals surface area contributed by atoms with Crippen LogP contribution in [-0.4, -0.2) is 13.0 Å². The van der Waals surface area contributed by atoms with Crippen molar-refractivity contribution in [1.82, 2.24) is 0 Å². The lowest BCUT2D eigenvalue weighted by Crippen LogP contribution is -2.08. The van der Waals surface area contributed by atoms with Crippen LogP contribution in [0.1, 0.15) is 122 Å². The van der Waals surface area contributed by atoms with Gasteiger partial charge in [-0.2, -0.15) is 8.42 Å². The first-order valence-electron chi connectivity index (χ1n) is 11.6. The molecule has 1 rings (SSSR count). The van der Waals surface area contributed by atoms with E-state index in [0.29, 0.717) is 0 Å². The number of rotatable bonds is 17. The Morgan fingerprint density at radius 3 is 1.71 bits per heavy atom. The Bertz CT molecular complexity index is 610. The van der Waals surface area contributed by atoms with E-state index in [1.165, 1.54) is 76.7 Å². The van der Waals surface area contributed by atoms with E-state index in [1.807, 2.05) is 12.1 Å². The van der Waals surface area contributed by atoms with Gasteiger partial charge in [0.1, 0.15) is 0 Å². The van der Waals surface area contributed by atoms with Crippen molar-refractivity contribution in [3.63, 3.8) is 0 Å². The van der Waals surface area contributed by atoms with Crippen molar-refractivity contribution in [2.45, 2.75) is 121 Å². The van der Waals surface area contributed by atoms with Gasteiger partial charge in [-0.05, 0) is 30.4 Å². The molecule has 0 aliphatic carbocycles. The van der Waals surface area contributed by atoms with Crippen molar-refractivity contribution in [3.8, 4) is 0 Å². The number of hydrogen-bond donors (Lipinski definition) is 1. The molecule has 4 heteroatoms. The molecular formula is C24H42O3S. The van der Waals surface area contributed by atoms with Crippen molar-refractivity contribution in [2.75, 3.05) is 0 Å². The van der Waals surface area contributed by atoms with Crippen molar-refractivity contribution in [2.24, 2.45) is 0 Å². The van der Waals surface area contributed by atoms with Crippen molar-refractivity contribution < 1.29 is 13.0 Å². The van der Waals surface area contributed by atoms with Crippen LogP contribution >= 0.6 is 0 Å². The van der Waals surface area contributed by atoms with Gasteiger partial charge in [0, 0.05) is 0 Å². The Kier molecular flexibility index (Phi) is 13.5. The van der Waals surface area contributed by atoms with E-state index in [0.717, 1.165) is 31.2 Å². The third-order valence-corrected chi connectivity index (χ3v) is 6.61. The van der Waals surface area contributed by atoms with Crippen molar-refractivity contribution in [1.29, 1.82) is 0 Å². The van der Waals surface area contributed by atoms with Gasteiger partial charge in [-0.1, -0.05) is 116 Å². The highest BCUT2D eigenvalue weighted by molar-refractivity contribution is 7.85. The summed E-state index contributed by atoms with van der Waals surface area (Å²) in [6.45, 7) is 4.39. The maximum absolute atomic E-state index is 11.7. The van der Waals surface area contributed by atoms with Crippen LogP contribution in [0.3, 0.4) is 0 Å². The summed E-state index contributed by atoms with van der Waals surface area (Å²) >= 11 is 0. The SMILES string of the molecule is CCCCCCCCCCCCCCC(CCC)c1ccccc1S(=O)(=O)O. The zero-order valence-corrected chi connectivity index (χ0v) is 19.0. The van der Waals surface area contributed by atoms with Crippen molar-refractivity contribution in [3.05, 3.63) is 29.8 Å². The minimum absolute atomic E-state index is 0.0902. The highest BCUT2D eigenvalue weighted by atomic mass is 32.2. The van der Waals surface area contributed by atoms with Crippen LogP contribution in [0.25, 0.3) is 0 Å². The summed E-state index contributed by atoms with van der Waals surface area (Å²) in [5.41, 5.74) is 0.787. The van der Waals surface area contributed by atoms with Crippen LogP contribution in [0.2, 0.25) is 0 Å². The molecule has 162 valence electrons. The molecule has 0 aliphatic rings. The highest BCUT2D eigenvalue weighted by Crippen LogP contribution is 2.32. The molecular weight excluding hydrogens is 368 g/mol. The summed E-state index contributed by atoms with van der Waals surface area (Å²) in [6, 6.07) is 6.94. The summed E-state index contributed by atoms with van der Waals surface area (Å²) in [6.07, 6.45) is 18.9. The fourth-order valence-corrected chi connectivity index (χ4v) is 4.87. The minimum atomic E-state index is -4.15. The van der Waals surface area contributed by atoms with Gasteiger partial charge in [0.15, 0.2) is 0 Å². The molecule has 1 aromatic carbocycles. The summed E-state index contributed by atoms with van der Waals surface area (Å²) in [5.74, 6) is 0.214. The van der Waals surface area contributed by atoms with E-state index < -0.39 is 10.1 Å². The van der Waals surface area contributed by atoms with E-state index in [1.54, 1.807) is 6.07 Å². The quantitative estimate of drug-likeness (QED) is 0.210. The topological polar surface area (TPSA) is 54.4 Å². The molecule has 0 aliphatic heterocycles. The molecule has 3 nitrogen and oxygen atoms in total. The van der Waals surface area contributed by atoms with Crippen LogP contribution < -0.4 is 0 Å². The Hall–Kier alpha value is -0.870. The van der Waals surface area contributed by atoms with Gasteiger partial charge in [0.2, 0.25) is 0 Å². The zero-order valence-electron chi connectivity index (χ0n) is 18.2. The fourth-order valence-electron chi connectivity index (χ4n) is 4.09. The maximum atomic E-state index is 11.7. The van der Waals surface area contributed by atoms with Gasteiger partial charge >= 0.3 is 0 Å². The van der Waals surface area contributed by atoms with Gasteiger partial charge in [-0.3, -0.25) is 4.55 Å². The molecule has 1 N–H and O–H groups in total. The average Bonchev–Trinajstić information content (AvgIpc) is 2.67. The second-order valence-electron chi connectivity index (χ2n) is 8.18. The van der Waals surface area contributed by atoms with Gasteiger partial charge in [0.25, 0.3) is 10.1 Å². The molecule has 0 amide bonds. The second kappa shape index (κ2) is 15.0. The Labute approximate surface area is 174 Å². The molecule has 1 atom stereocenters. The molecule has 0 saturated carbocycles. The lowest BCUT2D eigenvalue weighted by Gasteiger charge is -2.19. The number of unbranched alkanes of at least 4 members (excludes halogenated alkanes) is 11. The van der Waals surface area contributed by atoms with Crippen molar-refractivity contribution >= 4 is 10.1 Å². The predicted octanol–water partition coefficient (Wildman–Crippen LogP) is 7.91. The molecule has 28 heavy (non-hydrogen) atoms. The summed E-state index contributed by atoms with van der Waals surface area (Å²) < 4.78 is 32.9. The first-order valence-corrected chi connectivity index (χ1v) is 13.0. The Morgan fingerprint density at radius 1 is 0.714 bits per heavy atom. The molecule has 1 aromatic rings. The lowest BCUT2D eigenvalue weighted by molar-refractivity contribution is 0.473. The van der Waals surface area contributed by atoms with Gasteiger partial charge in [0.05, 0.1) is 4.90 Å². The van der Waals surface area contributed by atoms with Gasteiger partial charge < -0.3 is 0 Å². The van der Waals surface area contributed by atoms with Crippen LogP contribution in [0, 0.1) is 0 Å². The highest BCUT2D eigenvalue weighted by Gasteiger charge is 2.20. The van der Waals surface area contributed by atoms with Crippen LogP contribution in [-0.2, 0) is 10.1 Å². The first kappa shape index (κ1) is 25.2. The molecule has 0 bridgehead atoms. The summed E-state index contributed by atoms with van der Waals surface area (Å²) in [4.78, 5) is 0.0902. The molecule has 0 aromatic heterocycles. The maximum Gasteiger partial charge on any atom is 0.294 e.